The van der Waals surface area contributed by atoms with Gasteiger partial charge in [0.1, 0.15) is 0 Å². The minimum absolute atomic E-state index is 0.181. The molecule has 0 heterocycles. The number of rotatable bonds is 1. The summed E-state index contributed by atoms with van der Waals surface area (Å²) < 4.78 is 0. The molecule has 0 aromatic rings. The van der Waals surface area contributed by atoms with E-state index in [0.29, 0.717) is 5.92 Å². The van der Waals surface area contributed by atoms with Gasteiger partial charge in [0.05, 0.1) is 6.61 Å². The van der Waals surface area contributed by atoms with Crippen molar-refractivity contribution in [1.82, 2.24) is 0 Å². The Morgan fingerprint density at radius 3 is 2.75 bits per heavy atom. The normalized spacial score (nSPS) is 26.2. The minimum atomic E-state index is 0.181. The highest BCUT2D eigenvalue weighted by Gasteiger charge is 2.00. The van der Waals surface area contributed by atoms with Gasteiger partial charge in [0.2, 0.25) is 0 Å². The van der Waals surface area contributed by atoms with Crippen LogP contribution >= 0.6 is 0 Å². The van der Waals surface area contributed by atoms with E-state index in [1.165, 1.54) is 0 Å². The van der Waals surface area contributed by atoms with Crippen molar-refractivity contribution >= 4 is 0 Å². The Balaban J connectivity index is 2.58. The molecule has 0 spiro atoms. The summed E-state index contributed by atoms with van der Waals surface area (Å²) in [6.45, 7) is 2.28. The smallest absolute Gasteiger partial charge is 0.0678 e. The third-order valence-corrected chi connectivity index (χ3v) is 1.27. The summed E-state index contributed by atoms with van der Waals surface area (Å²) >= 11 is 0. The van der Waals surface area contributed by atoms with Crippen LogP contribution < -0.4 is 0 Å². The van der Waals surface area contributed by atoms with E-state index in [1.54, 1.807) is 0 Å². The van der Waals surface area contributed by atoms with E-state index in [0.717, 1.165) is 5.57 Å². The molecule has 1 heteroatoms. The van der Waals surface area contributed by atoms with Crippen molar-refractivity contribution < 1.29 is 5.11 Å². The van der Waals surface area contributed by atoms with E-state index in [1.807, 2.05) is 6.08 Å². The van der Waals surface area contributed by atoms with Crippen LogP contribution in [0.1, 0.15) is 6.92 Å². The molecule has 0 bridgehead atoms. The Morgan fingerprint density at radius 2 is 2.50 bits per heavy atom. The molecule has 0 radical (unpaired) electrons. The Labute approximate surface area is 49.3 Å². The van der Waals surface area contributed by atoms with E-state index >= 15 is 0 Å². The summed E-state index contributed by atoms with van der Waals surface area (Å²) in [5.41, 5.74) is 1.04. The highest BCUT2D eigenvalue weighted by Crippen LogP contribution is 2.13. The zero-order valence-electron chi connectivity index (χ0n) is 4.96. The summed E-state index contributed by atoms with van der Waals surface area (Å²) in [5, 5.41) is 8.56. The minimum Gasteiger partial charge on any atom is -0.392 e. The molecule has 1 N–H and O–H groups in total. The quantitative estimate of drug-likeness (QED) is 0.536. The zero-order chi connectivity index (χ0) is 5.98. The first-order valence-electron chi connectivity index (χ1n) is 2.82. The molecule has 0 saturated heterocycles. The molecule has 0 fully saturated rings. The van der Waals surface area contributed by atoms with Crippen LogP contribution in [0.5, 0.6) is 0 Å². The van der Waals surface area contributed by atoms with Gasteiger partial charge in [-0.2, -0.15) is 0 Å². The van der Waals surface area contributed by atoms with Crippen molar-refractivity contribution in [3.63, 3.8) is 0 Å². The molecule has 1 atom stereocenters. The van der Waals surface area contributed by atoms with Crippen molar-refractivity contribution in [3.8, 4) is 0 Å². The lowest BCUT2D eigenvalue weighted by molar-refractivity contribution is 0.335. The fourth-order valence-corrected chi connectivity index (χ4v) is 0.830. The van der Waals surface area contributed by atoms with Crippen LogP contribution in [0.25, 0.3) is 0 Å². The van der Waals surface area contributed by atoms with Gasteiger partial charge in [0.15, 0.2) is 0 Å². The second-order valence-electron chi connectivity index (χ2n) is 2.12. The van der Waals surface area contributed by atoms with Gasteiger partial charge in [-0.25, -0.2) is 0 Å². The maximum absolute atomic E-state index is 8.56. The van der Waals surface area contributed by atoms with Gasteiger partial charge in [-0.3, -0.25) is 0 Å². The third-order valence-electron chi connectivity index (χ3n) is 1.27. The molecule has 0 aromatic carbocycles. The SMILES string of the molecule is CC1C=CC(CO)=C1. The standard InChI is InChI=1S/C7H10O/c1-6-2-3-7(4-6)5-8/h2-4,6,8H,5H2,1H3. The number of hydrogen-bond donors (Lipinski definition) is 1. The lowest BCUT2D eigenvalue weighted by Crippen LogP contribution is -1.82. The Morgan fingerprint density at radius 1 is 1.75 bits per heavy atom. The topological polar surface area (TPSA) is 20.2 Å². The highest BCUT2D eigenvalue weighted by atomic mass is 16.3. The van der Waals surface area contributed by atoms with E-state index in [-0.39, 0.29) is 6.61 Å². The molecular weight excluding hydrogens is 100 g/mol. The molecule has 0 aliphatic heterocycles. The van der Waals surface area contributed by atoms with Crippen LogP contribution in [0.4, 0.5) is 0 Å². The van der Waals surface area contributed by atoms with Gasteiger partial charge >= 0.3 is 0 Å². The van der Waals surface area contributed by atoms with Gasteiger partial charge < -0.3 is 5.11 Å². The van der Waals surface area contributed by atoms with Gasteiger partial charge in [0, 0.05) is 0 Å². The van der Waals surface area contributed by atoms with Crippen LogP contribution in [0.15, 0.2) is 23.8 Å². The van der Waals surface area contributed by atoms with Gasteiger partial charge in [-0.15, -0.1) is 0 Å². The summed E-state index contributed by atoms with van der Waals surface area (Å²) in [6.07, 6.45) is 6.09. The predicted molar refractivity (Wildman–Crippen MR) is 33.5 cm³/mol. The predicted octanol–water partition coefficient (Wildman–Crippen LogP) is 1.11. The number of allylic oxidation sites excluding steroid dienone is 2. The number of aliphatic hydroxyl groups excluding tert-OH is 1. The molecule has 8 heavy (non-hydrogen) atoms. The number of aliphatic hydroxyl groups is 1. The largest absolute Gasteiger partial charge is 0.392 e. The monoisotopic (exact) mass is 110 g/mol. The Bertz CT molecular complexity index is 133. The average molecular weight is 110 g/mol. The molecule has 0 amide bonds. The van der Waals surface area contributed by atoms with Gasteiger partial charge in [-0.1, -0.05) is 25.2 Å². The average Bonchev–Trinajstić information content (AvgIpc) is 2.14. The first-order valence-corrected chi connectivity index (χ1v) is 2.82. The maximum Gasteiger partial charge on any atom is 0.0678 e. The van der Waals surface area contributed by atoms with Gasteiger partial charge in [0.25, 0.3) is 0 Å². The van der Waals surface area contributed by atoms with E-state index in [2.05, 4.69) is 19.1 Å². The zero-order valence-corrected chi connectivity index (χ0v) is 4.96. The Hall–Kier alpha value is -0.560. The summed E-state index contributed by atoms with van der Waals surface area (Å²) in [4.78, 5) is 0. The molecule has 1 aliphatic carbocycles. The molecule has 1 nitrogen and oxygen atoms in total. The van der Waals surface area contributed by atoms with Crippen molar-refractivity contribution in [3.05, 3.63) is 23.8 Å². The van der Waals surface area contributed by atoms with E-state index in [4.69, 9.17) is 5.11 Å². The van der Waals surface area contributed by atoms with Gasteiger partial charge in [-0.05, 0) is 11.5 Å². The van der Waals surface area contributed by atoms with Crippen molar-refractivity contribution in [2.75, 3.05) is 6.61 Å². The van der Waals surface area contributed by atoms with Crippen LogP contribution in [-0.2, 0) is 0 Å². The number of hydrogen-bond acceptors (Lipinski definition) is 1. The summed E-state index contributed by atoms with van der Waals surface area (Å²) in [5.74, 6) is 0.525. The molecule has 1 unspecified atom stereocenters. The van der Waals surface area contributed by atoms with Crippen LogP contribution in [0, 0.1) is 5.92 Å². The van der Waals surface area contributed by atoms with E-state index < -0.39 is 0 Å². The first kappa shape index (κ1) is 5.57. The van der Waals surface area contributed by atoms with Crippen LogP contribution in [0.2, 0.25) is 0 Å². The lowest BCUT2D eigenvalue weighted by Gasteiger charge is -1.88. The second kappa shape index (κ2) is 2.14. The molecule has 1 rings (SSSR count). The molecule has 44 valence electrons. The summed E-state index contributed by atoms with van der Waals surface area (Å²) in [6, 6.07) is 0. The lowest BCUT2D eigenvalue weighted by atomic mass is 10.2. The first-order chi connectivity index (χ1) is 3.83. The van der Waals surface area contributed by atoms with Crippen molar-refractivity contribution in [2.24, 2.45) is 5.92 Å². The summed E-state index contributed by atoms with van der Waals surface area (Å²) in [7, 11) is 0. The molecular formula is C7H10O. The van der Waals surface area contributed by atoms with Crippen molar-refractivity contribution in [1.29, 1.82) is 0 Å². The fourth-order valence-electron chi connectivity index (χ4n) is 0.830. The fraction of sp³-hybridized carbons (Fsp3) is 0.429. The van der Waals surface area contributed by atoms with Crippen molar-refractivity contribution in [2.45, 2.75) is 6.92 Å². The molecule has 0 saturated carbocycles. The third kappa shape index (κ3) is 0.984. The highest BCUT2D eigenvalue weighted by molar-refractivity contribution is 5.28. The maximum atomic E-state index is 8.56. The van der Waals surface area contributed by atoms with E-state index in [9.17, 15) is 0 Å². The molecule has 1 aliphatic rings. The van der Waals surface area contributed by atoms with Crippen LogP contribution in [0.3, 0.4) is 0 Å². The molecule has 0 aromatic heterocycles. The van der Waals surface area contributed by atoms with Crippen LogP contribution in [-0.4, -0.2) is 11.7 Å². The Kier molecular flexibility index (Phi) is 1.49. The second-order valence-corrected chi connectivity index (χ2v) is 2.12.